The topological polar surface area (TPSA) is 52.6 Å². The molecule has 1 saturated heterocycles. The fourth-order valence-electron chi connectivity index (χ4n) is 2.43. The van der Waals surface area contributed by atoms with Gasteiger partial charge in [0.15, 0.2) is 0 Å². The monoisotopic (exact) mass is 256 g/mol. The highest BCUT2D eigenvalue weighted by molar-refractivity contribution is 5.74. The normalized spacial score (nSPS) is 21.7. The maximum Gasteiger partial charge on any atom is 0.317 e. The van der Waals surface area contributed by atoms with Crippen molar-refractivity contribution in [3.63, 3.8) is 0 Å². The Bertz CT molecular complexity index is 246. The van der Waals surface area contributed by atoms with Crippen LogP contribution in [0.25, 0.3) is 0 Å². The van der Waals surface area contributed by atoms with Crippen LogP contribution in [0, 0.1) is 5.92 Å². The summed E-state index contributed by atoms with van der Waals surface area (Å²) in [6.07, 6.45) is 6.13. The van der Waals surface area contributed by atoms with Crippen LogP contribution in [0.15, 0.2) is 0 Å². The van der Waals surface area contributed by atoms with E-state index in [1.54, 1.807) is 4.90 Å². The Balaban J connectivity index is 2.26. The van der Waals surface area contributed by atoms with Crippen molar-refractivity contribution in [3.05, 3.63) is 0 Å². The molecule has 2 N–H and O–H groups in total. The van der Waals surface area contributed by atoms with Crippen LogP contribution in [0.2, 0.25) is 0 Å². The SMILES string of the molecule is CCCC[C@H](CC)CNC(=O)N1CCC[C@@H](O)C1. The van der Waals surface area contributed by atoms with Crippen molar-refractivity contribution >= 4 is 6.03 Å². The molecule has 1 aliphatic rings. The van der Waals surface area contributed by atoms with E-state index >= 15 is 0 Å². The number of nitrogens with zero attached hydrogens (tertiary/aromatic N) is 1. The maximum atomic E-state index is 11.9. The molecular formula is C14H28N2O2. The minimum Gasteiger partial charge on any atom is -0.391 e. The lowest BCUT2D eigenvalue weighted by atomic mass is 9.99. The molecule has 1 fully saturated rings. The van der Waals surface area contributed by atoms with Crippen LogP contribution in [0.1, 0.15) is 52.4 Å². The van der Waals surface area contributed by atoms with E-state index in [9.17, 15) is 9.90 Å². The summed E-state index contributed by atoms with van der Waals surface area (Å²) in [5.41, 5.74) is 0. The number of nitrogens with one attached hydrogen (secondary N) is 1. The predicted molar refractivity (Wildman–Crippen MR) is 73.5 cm³/mol. The van der Waals surface area contributed by atoms with Gasteiger partial charge in [-0.05, 0) is 25.2 Å². The first kappa shape index (κ1) is 15.3. The smallest absolute Gasteiger partial charge is 0.317 e. The molecule has 0 saturated carbocycles. The molecule has 1 heterocycles. The molecule has 1 rings (SSSR count). The first-order valence-corrected chi connectivity index (χ1v) is 7.38. The molecule has 0 unspecified atom stereocenters. The highest BCUT2D eigenvalue weighted by Crippen LogP contribution is 2.13. The summed E-state index contributed by atoms with van der Waals surface area (Å²) >= 11 is 0. The lowest BCUT2D eigenvalue weighted by molar-refractivity contribution is 0.0839. The number of aliphatic hydroxyl groups is 1. The van der Waals surface area contributed by atoms with Crippen LogP contribution in [0.3, 0.4) is 0 Å². The third-order valence-electron chi connectivity index (χ3n) is 3.77. The molecule has 0 radical (unpaired) electrons. The first-order chi connectivity index (χ1) is 8.67. The van der Waals surface area contributed by atoms with E-state index in [2.05, 4.69) is 19.2 Å². The van der Waals surface area contributed by atoms with Gasteiger partial charge in [0.05, 0.1) is 6.10 Å². The second kappa shape index (κ2) is 8.35. The summed E-state index contributed by atoms with van der Waals surface area (Å²) in [4.78, 5) is 13.7. The van der Waals surface area contributed by atoms with Gasteiger partial charge in [-0.15, -0.1) is 0 Å². The minimum absolute atomic E-state index is 0.0105. The fraction of sp³-hybridized carbons (Fsp3) is 0.929. The molecule has 1 aliphatic heterocycles. The molecule has 0 aliphatic carbocycles. The number of β-amino-alcohol motifs (C(OH)–C–C–N with tert-alkyl or cyclic N) is 1. The van der Waals surface area contributed by atoms with Crippen molar-refractivity contribution < 1.29 is 9.90 Å². The van der Waals surface area contributed by atoms with E-state index in [-0.39, 0.29) is 12.1 Å². The van der Waals surface area contributed by atoms with Crippen molar-refractivity contribution in [1.29, 1.82) is 0 Å². The summed E-state index contributed by atoms with van der Waals surface area (Å²) in [6, 6.07) is -0.0105. The van der Waals surface area contributed by atoms with Crippen molar-refractivity contribution in [2.45, 2.75) is 58.5 Å². The average Bonchev–Trinajstić information content (AvgIpc) is 2.38. The highest BCUT2D eigenvalue weighted by atomic mass is 16.3. The van der Waals surface area contributed by atoms with E-state index in [0.29, 0.717) is 12.5 Å². The zero-order valence-corrected chi connectivity index (χ0v) is 11.8. The zero-order chi connectivity index (χ0) is 13.4. The van der Waals surface area contributed by atoms with Gasteiger partial charge in [0.1, 0.15) is 0 Å². The molecular weight excluding hydrogens is 228 g/mol. The van der Waals surface area contributed by atoms with Gasteiger partial charge in [-0.3, -0.25) is 0 Å². The Kier molecular flexibility index (Phi) is 7.09. The molecule has 2 atom stereocenters. The summed E-state index contributed by atoms with van der Waals surface area (Å²) in [7, 11) is 0. The number of aliphatic hydroxyl groups excluding tert-OH is 1. The molecule has 2 amide bonds. The van der Waals surface area contributed by atoms with Crippen LogP contribution in [0.5, 0.6) is 0 Å². The van der Waals surface area contributed by atoms with Gasteiger partial charge in [0.25, 0.3) is 0 Å². The van der Waals surface area contributed by atoms with Crippen molar-refractivity contribution in [3.8, 4) is 0 Å². The number of urea groups is 1. The standard InChI is InChI=1S/C14H28N2O2/c1-3-5-7-12(4-2)10-15-14(18)16-9-6-8-13(17)11-16/h12-13,17H,3-11H2,1-2H3,(H,15,18)/t12-,13+/m0/s1. The Morgan fingerprint density at radius 2 is 2.28 bits per heavy atom. The number of likely N-dealkylation sites (tertiary alicyclic amines) is 1. The summed E-state index contributed by atoms with van der Waals surface area (Å²) in [5, 5.41) is 12.6. The molecule has 0 aromatic heterocycles. The Morgan fingerprint density at radius 1 is 1.50 bits per heavy atom. The van der Waals surface area contributed by atoms with Crippen molar-refractivity contribution in [2.75, 3.05) is 19.6 Å². The Labute approximate surface area is 111 Å². The van der Waals surface area contributed by atoms with Gasteiger partial charge in [-0.1, -0.05) is 33.1 Å². The van der Waals surface area contributed by atoms with E-state index in [0.717, 1.165) is 32.4 Å². The number of rotatable bonds is 6. The number of carbonyl (C=O) groups is 1. The van der Waals surface area contributed by atoms with Crippen LogP contribution in [-0.2, 0) is 0 Å². The van der Waals surface area contributed by atoms with E-state index < -0.39 is 0 Å². The molecule has 0 bridgehead atoms. The van der Waals surface area contributed by atoms with Gasteiger partial charge in [-0.2, -0.15) is 0 Å². The molecule has 0 aromatic rings. The predicted octanol–water partition coefficient (Wildman–Crippen LogP) is 2.37. The van der Waals surface area contributed by atoms with Gasteiger partial charge in [0, 0.05) is 19.6 Å². The second-order valence-electron chi connectivity index (χ2n) is 5.34. The van der Waals surface area contributed by atoms with E-state index in [1.807, 2.05) is 0 Å². The molecule has 4 nitrogen and oxygen atoms in total. The van der Waals surface area contributed by atoms with Gasteiger partial charge < -0.3 is 15.3 Å². The van der Waals surface area contributed by atoms with Crippen LogP contribution in [0.4, 0.5) is 4.79 Å². The average molecular weight is 256 g/mol. The summed E-state index contributed by atoms with van der Waals surface area (Å²) in [6.45, 7) is 6.39. The van der Waals surface area contributed by atoms with Crippen LogP contribution < -0.4 is 5.32 Å². The molecule has 0 aromatic carbocycles. The number of carbonyl (C=O) groups excluding carboxylic acids is 1. The van der Waals surface area contributed by atoms with Crippen molar-refractivity contribution in [1.82, 2.24) is 10.2 Å². The van der Waals surface area contributed by atoms with Gasteiger partial charge in [0.2, 0.25) is 0 Å². The second-order valence-corrected chi connectivity index (χ2v) is 5.34. The largest absolute Gasteiger partial charge is 0.391 e. The zero-order valence-electron chi connectivity index (χ0n) is 11.8. The number of hydrogen-bond acceptors (Lipinski definition) is 2. The van der Waals surface area contributed by atoms with Crippen molar-refractivity contribution in [2.24, 2.45) is 5.92 Å². The maximum absolute atomic E-state index is 11.9. The molecule has 106 valence electrons. The molecule has 18 heavy (non-hydrogen) atoms. The minimum atomic E-state index is -0.341. The third-order valence-corrected chi connectivity index (χ3v) is 3.77. The summed E-state index contributed by atoms with van der Waals surface area (Å²) in [5.74, 6) is 0.587. The molecule has 0 spiro atoms. The quantitative estimate of drug-likeness (QED) is 0.766. The van der Waals surface area contributed by atoms with E-state index in [1.165, 1.54) is 19.3 Å². The lowest BCUT2D eigenvalue weighted by Crippen LogP contribution is -2.48. The number of piperidine rings is 1. The van der Waals surface area contributed by atoms with Crippen LogP contribution in [-0.4, -0.2) is 41.8 Å². The Morgan fingerprint density at radius 3 is 2.89 bits per heavy atom. The first-order valence-electron chi connectivity index (χ1n) is 7.38. The number of amides is 2. The lowest BCUT2D eigenvalue weighted by Gasteiger charge is -2.30. The number of unbranched alkanes of at least 4 members (excludes halogenated alkanes) is 1. The van der Waals surface area contributed by atoms with Crippen LogP contribution >= 0.6 is 0 Å². The van der Waals surface area contributed by atoms with E-state index in [4.69, 9.17) is 0 Å². The third kappa shape index (κ3) is 5.25. The number of hydrogen-bond donors (Lipinski definition) is 2. The van der Waals surface area contributed by atoms with Gasteiger partial charge >= 0.3 is 6.03 Å². The highest BCUT2D eigenvalue weighted by Gasteiger charge is 2.22. The fourth-order valence-corrected chi connectivity index (χ4v) is 2.43. The van der Waals surface area contributed by atoms with Gasteiger partial charge in [-0.25, -0.2) is 4.79 Å². The Hall–Kier alpha value is -0.770. The molecule has 4 heteroatoms. The summed E-state index contributed by atoms with van der Waals surface area (Å²) < 4.78 is 0.